The number of anilines is 1. The fraction of sp³-hybridized carbons (Fsp3) is 0.240. The molecule has 0 bridgehead atoms. The van der Waals surface area contributed by atoms with Crippen molar-refractivity contribution < 1.29 is 19.1 Å². The van der Waals surface area contributed by atoms with E-state index in [4.69, 9.17) is 9.52 Å². The molecule has 31 heavy (non-hydrogen) atoms. The average molecular weight is 419 g/mol. The summed E-state index contributed by atoms with van der Waals surface area (Å²) in [6, 6.07) is 12.2. The molecule has 2 aromatic carbocycles. The van der Waals surface area contributed by atoms with Gasteiger partial charge in [0.25, 0.3) is 0 Å². The van der Waals surface area contributed by atoms with Crippen LogP contribution in [0.5, 0.6) is 0 Å². The van der Waals surface area contributed by atoms with Crippen LogP contribution in [0.1, 0.15) is 53.4 Å². The van der Waals surface area contributed by atoms with Gasteiger partial charge in [-0.15, -0.1) is 0 Å². The number of rotatable bonds is 8. The molecule has 0 fully saturated rings. The number of carbonyl (C=O) groups is 2. The molecule has 3 aromatic rings. The van der Waals surface area contributed by atoms with Gasteiger partial charge in [-0.2, -0.15) is 0 Å². The number of carbonyl (C=O) groups excluding carboxylic acids is 1. The molecule has 1 amide bonds. The second-order valence-electron chi connectivity index (χ2n) is 7.49. The van der Waals surface area contributed by atoms with Gasteiger partial charge in [-0.25, -0.2) is 4.79 Å². The molecule has 160 valence electrons. The summed E-state index contributed by atoms with van der Waals surface area (Å²) in [7, 11) is 0. The topological polar surface area (TPSA) is 96.6 Å². The van der Waals surface area contributed by atoms with Crippen LogP contribution in [0.2, 0.25) is 0 Å². The number of amides is 1. The summed E-state index contributed by atoms with van der Waals surface area (Å²) in [5.74, 6) is -2.25. The lowest BCUT2D eigenvalue weighted by atomic mass is 10.1. The summed E-state index contributed by atoms with van der Waals surface area (Å²) in [6.45, 7) is 3.95. The number of aromatic carboxylic acids is 1. The minimum absolute atomic E-state index is 0.0358. The zero-order valence-corrected chi connectivity index (χ0v) is 17.6. The molecule has 0 aliphatic carbocycles. The lowest BCUT2D eigenvalue weighted by molar-refractivity contribution is -0.111. The Morgan fingerprint density at radius 1 is 1.10 bits per heavy atom. The van der Waals surface area contributed by atoms with E-state index in [9.17, 15) is 14.4 Å². The number of benzene rings is 2. The van der Waals surface area contributed by atoms with Gasteiger partial charge in [0.2, 0.25) is 11.7 Å². The van der Waals surface area contributed by atoms with Gasteiger partial charge >= 0.3 is 5.97 Å². The van der Waals surface area contributed by atoms with E-state index in [0.29, 0.717) is 0 Å². The SMILES string of the molecule is CCCCCc1ccc(/C=C/C(=O)Nc2cc(C)cc3c(=O)cc(C(=O)O)oc23)cc1. The van der Waals surface area contributed by atoms with Crippen LogP contribution in [-0.4, -0.2) is 17.0 Å². The van der Waals surface area contributed by atoms with E-state index in [0.717, 1.165) is 30.0 Å². The summed E-state index contributed by atoms with van der Waals surface area (Å²) >= 11 is 0. The second kappa shape index (κ2) is 9.89. The van der Waals surface area contributed by atoms with E-state index >= 15 is 0 Å². The van der Waals surface area contributed by atoms with Crippen LogP contribution in [0.3, 0.4) is 0 Å². The van der Waals surface area contributed by atoms with Crippen molar-refractivity contribution in [3.05, 3.63) is 81.2 Å². The molecule has 1 aromatic heterocycles. The summed E-state index contributed by atoms with van der Waals surface area (Å²) < 4.78 is 5.37. The van der Waals surface area contributed by atoms with Gasteiger partial charge in [0.05, 0.1) is 11.1 Å². The molecule has 1 heterocycles. The first-order chi connectivity index (χ1) is 14.9. The van der Waals surface area contributed by atoms with E-state index in [1.54, 1.807) is 25.1 Å². The number of hydrogen-bond acceptors (Lipinski definition) is 4. The Labute approximate surface area is 180 Å². The van der Waals surface area contributed by atoms with Crippen LogP contribution in [0, 0.1) is 6.92 Å². The summed E-state index contributed by atoms with van der Waals surface area (Å²) in [5, 5.41) is 12.0. The number of fused-ring (bicyclic) bond motifs is 1. The van der Waals surface area contributed by atoms with Crippen molar-refractivity contribution in [2.45, 2.75) is 39.5 Å². The maximum Gasteiger partial charge on any atom is 0.371 e. The maximum absolute atomic E-state index is 12.5. The van der Waals surface area contributed by atoms with E-state index in [1.165, 1.54) is 24.5 Å². The highest BCUT2D eigenvalue weighted by atomic mass is 16.4. The van der Waals surface area contributed by atoms with Crippen molar-refractivity contribution in [3.8, 4) is 0 Å². The van der Waals surface area contributed by atoms with E-state index in [2.05, 4.69) is 24.4 Å². The quantitative estimate of drug-likeness (QED) is 0.387. The molecule has 6 heteroatoms. The number of aryl methyl sites for hydroxylation is 2. The normalized spacial score (nSPS) is 11.2. The standard InChI is InChI=1S/C25H25NO5/c1-3-4-5-6-17-7-9-18(10-8-17)11-12-23(28)26-20-14-16(2)13-19-21(27)15-22(25(29)30)31-24(19)20/h7-15H,3-6H2,1-2H3,(H,26,28)(H,29,30)/b12-11+. The van der Waals surface area contributed by atoms with Crippen molar-refractivity contribution in [1.29, 1.82) is 0 Å². The fourth-order valence-corrected chi connectivity index (χ4v) is 3.32. The lowest BCUT2D eigenvalue weighted by Gasteiger charge is -2.08. The molecule has 0 saturated heterocycles. The predicted molar refractivity (Wildman–Crippen MR) is 122 cm³/mol. The molecule has 0 saturated carbocycles. The van der Waals surface area contributed by atoms with E-state index in [-0.39, 0.29) is 16.7 Å². The molecule has 0 aliphatic heterocycles. The third-order valence-electron chi connectivity index (χ3n) is 4.92. The third-order valence-corrected chi connectivity index (χ3v) is 4.92. The molecular weight excluding hydrogens is 394 g/mol. The highest BCUT2D eigenvalue weighted by Crippen LogP contribution is 2.24. The Balaban J connectivity index is 1.78. The molecule has 0 spiro atoms. The highest BCUT2D eigenvalue weighted by molar-refractivity contribution is 6.06. The molecule has 3 rings (SSSR count). The fourth-order valence-electron chi connectivity index (χ4n) is 3.32. The Morgan fingerprint density at radius 3 is 2.52 bits per heavy atom. The first-order valence-electron chi connectivity index (χ1n) is 10.3. The second-order valence-corrected chi connectivity index (χ2v) is 7.49. The van der Waals surface area contributed by atoms with Crippen LogP contribution in [0.25, 0.3) is 17.0 Å². The van der Waals surface area contributed by atoms with Crippen molar-refractivity contribution in [1.82, 2.24) is 0 Å². The smallest absolute Gasteiger partial charge is 0.371 e. The van der Waals surface area contributed by atoms with Gasteiger partial charge in [-0.05, 0) is 54.7 Å². The zero-order chi connectivity index (χ0) is 22.4. The summed E-state index contributed by atoms with van der Waals surface area (Å²) in [5.41, 5.74) is 2.70. The highest BCUT2D eigenvalue weighted by Gasteiger charge is 2.15. The summed E-state index contributed by atoms with van der Waals surface area (Å²) in [6.07, 6.45) is 7.69. The molecule has 0 atom stereocenters. The Kier molecular flexibility index (Phi) is 7.03. The number of carboxylic acid groups (broad SMARTS) is 1. The minimum Gasteiger partial charge on any atom is -0.475 e. The van der Waals surface area contributed by atoms with Crippen molar-refractivity contribution in [3.63, 3.8) is 0 Å². The molecule has 2 N–H and O–H groups in total. The van der Waals surface area contributed by atoms with Crippen molar-refractivity contribution in [2.75, 3.05) is 5.32 Å². The van der Waals surface area contributed by atoms with Crippen LogP contribution in [-0.2, 0) is 11.2 Å². The van der Waals surface area contributed by atoms with Gasteiger partial charge < -0.3 is 14.8 Å². The lowest BCUT2D eigenvalue weighted by Crippen LogP contribution is -2.11. The van der Waals surface area contributed by atoms with Gasteiger partial charge in [0.1, 0.15) is 0 Å². The van der Waals surface area contributed by atoms with Crippen LogP contribution < -0.4 is 10.7 Å². The Hall–Kier alpha value is -3.67. The number of carboxylic acids is 1. The maximum atomic E-state index is 12.5. The van der Waals surface area contributed by atoms with Gasteiger partial charge in [0.15, 0.2) is 11.0 Å². The third kappa shape index (κ3) is 5.69. The molecule has 0 radical (unpaired) electrons. The van der Waals surface area contributed by atoms with Crippen molar-refractivity contribution in [2.24, 2.45) is 0 Å². The first-order valence-corrected chi connectivity index (χ1v) is 10.3. The van der Waals surface area contributed by atoms with Gasteiger partial charge in [-0.1, -0.05) is 44.0 Å². The first kappa shape index (κ1) is 22.0. The van der Waals surface area contributed by atoms with E-state index < -0.39 is 23.1 Å². The number of hydrogen-bond donors (Lipinski definition) is 2. The van der Waals surface area contributed by atoms with Crippen LogP contribution in [0.4, 0.5) is 5.69 Å². The van der Waals surface area contributed by atoms with Gasteiger partial charge in [-0.3, -0.25) is 9.59 Å². The van der Waals surface area contributed by atoms with Crippen LogP contribution >= 0.6 is 0 Å². The monoisotopic (exact) mass is 419 g/mol. The predicted octanol–water partition coefficient (Wildman–Crippen LogP) is 5.18. The Bertz CT molecular complexity index is 1190. The van der Waals surface area contributed by atoms with E-state index in [1.807, 2.05) is 12.1 Å². The summed E-state index contributed by atoms with van der Waals surface area (Å²) in [4.78, 5) is 35.9. The molecule has 0 aliphatic rings. The van der Waals surface area contributed by atoms with Crippen LogP contribution in [0.15, 0.2) is 57.8 Å². The largest absolute Gasteiger partial charge is 0.475 e. The zero-order valence-electron chi connectivity index (χ0n) is 17.6. The minimum atomic E-state index is -1.35. The molecule has 0 unspecified atom stereocenters. The molecule has 6 nitrogen and oxygen atoms in total. The van der Waals surface area contributed by atoms with Gasteiger partial charge in [0, 0.05) is 12.1 Å². The Morgan fingerprint density at radius 2 is 1.84 bits per heavy atom. The van der Waals surface area contributed by atoms with Crippen molar-refractivity contribution >= 4 is 34.6 Å². The number of nitrogens with one attached hydrogen (secondary N) is 1. The molecular formula is C25H25NO5. The number of unbranched alkanes of at least 4 members (excludes halogenated alkanes) is 2. The average Bonchev–Trinajstić information content (AvgIpc) is 2.74.